The van der Waals surface area contributed by atoms with Crippen LogP contribution in [0, 0.1) is 0 Å². The van der Waals surface area contributed by atoms with Crippen molar-refractivity contribution in [3.05, 3.63) is 77.4 Å². The van der Waals surface area contributed by atoms with Gasteiger partial charge < -0.3 is 5.32 Å². The fourth-order valence-electron chi connectivity index (χ4n) is 3.79. The lowest BCUT2D eigenvalue weighted by molar-refractivity contribution is -0.143. The lowest BCUT2D eigenvalue weighted by Crippen LogP contribution is -2.12. The van der Waals surface area contributed by atoms with Gasteiger partial charge in [-0.25, -0.2) is 4.98 Å². The monoisotopic (exact) mass is 447 g/mol. The molecule has 0 saturated carbocycles. The first kappa shape index (κ1) is 20.1. The molecule has 0 spiro atoms. The van der Waals surface area contributed by atoms with E-state index in [9.17, 15) is 31.1 Å². The van der Waals surface area contributed by atoms with Gasteiger partial charge in [0.25, 0.3) is 5.91 Å². The molecule has 0 unspecified atom stereocenters. The zero-order valence-corrected chi connectivity index (χ0v) is 15.8. The third-order valence-electron chi connectivity index (χ3n) is 5.16. The van der Waals surface area contributed by atoms with E-state index in [2.05, 4.69) is 10.3 Å². The number of imidazole rings is 1. The first-order chi connectivity index (χ1) is 15.0. The Morgan fingerprint density at radius 3 is 2.12 bits per heavy atom. The molecule has 0 saturated heterocycles. The molecule has 162 valence electrons. The molecule has 1 aromatic heterocycles. The van der Waals surface area contributed by atoms with E-state index in [1.54, 1.807) is 36.4 Å². The maximum absolute atomic E-state index is 13.4. The molecule has 0 aliphatic carbocycles. The molecule has 4 nitrogen and oxygen atoms in total. The number of nitrogens with zero attached hydrogens (tertiary/aromatic N) is 2. The summed E-state index contributed by atoms with van der Waals surface area (Å²) in [4.78, 5) is 17.0. The summed E-state index contributed by atoms with van der Waals surface area (Å²) >= 11 is 0. The molecule has 0 radical (unpaired) electrons. The van der Waals surface area contributed by atoms with Crippen LogP contribution >= 0.6 is 0 Å². The highest BCUT2D eigenvalue weighted by atomic mass is 19.4. The highest BCUT2D eigenvalue weighted by molar-refractivity contribution is 6.14. The molecule has 4 aromatic rings. The molecule has 5 rings (SSSR count). The van der Waals surface area contributed by atoms with Crippen LogP contribution in [0.2, 0.25) is 0 Å². The Morgan fingerprint density at radius 1 is 0.812 bits per heavy atom. The number of aromatic nitrogens is 2. The van der Waals surface area contributed by atoms with E-state index in [0.717, 1.165) is 0 Å². The fraction of sp³-hybridized carbons (Fsp3) is 0.0909. The normalized spacial score (nSPS) is 13.6. The van der Waals surface area contributed by atoms with Crippen molar-refractivity contribution in [3.8, 4) is 17.1 Å². The summed E-state index contributed by atoms with van der Waals surface area (Å²) in [6.45, 7) is 0. The number of carbonyl (C=O) groups excluding carboxylic acids is 1. The summed E-state index contributed by atoms with van der Waals surface area (Å²) in [7, 11) is 0. The number of nitrogens with one attached hydrogen (secondary N) is 1. The number of para-hydroxylation sites is 3. The number of halogens is 6. The first-order valence-corrected chi connectivity index (χ1v) is 9.26. The third kappa shape index (κ3) is 3.10. The van der Waals surface area contributed by atoms with E-state index in [4.69, 9.17) is 0 Å². The fourth-order valence-corrected chi connectivity index (χ4v) is 3.79. The van der Waals surface area contributed by atoms with Crippen molar-refractivity contribution in [2.24, 2.45) is 0 Å². The Bertz CT molecular complexity index is 1370. The lowest BCUT2D eigenvalue weighted by Gasteiger charge is -2.16. The van der Waals surface area contributed by atoms with E-state index in [1.807, 2.05) is 0 Å². The number of rotatable bonds is 1. The predicted molar refractivity (Wildman–Crippen MR) is 104 cm³/mol. The predicted octanol–water partition coefficient (Wildman–Crippen LogP) is 6.30. The van der Waals surface area contributed by atoms with Crippen molar-refractivity contribution in [2.45, 2.75) is 12.4 Å². The number of hydrogen-bond acceptors (Lipinski definition) is 2. The Labute approximate surface area is 176 Å². The topological polar surface area (TPSA) is 46.9 Å². The molecule has 32 heavy (non-hydrogen) atoms. The molecule has 2 heterocycles. The van der Waals surface area contributed by atoms with Gasteiger partial charge in [0.2, 0.25) is 0 Å². The van der Waals surface area contributed by atoms with E-state index in [0.29, 0.717) is 23.5 Å². The number of benzene rings is 3. The largest absolute Gasteiger partial charge is 0.416 e. The van der Waals surface area contributed by atoms with Crippen LogP contribution in [0.15, 0.2) is 60.7 Å². The van der Waals surface area contributed by atoms with Crippen LogP contribution in [0.5, 0.6) is 0 Å². The molecule has 1 aliphatic rings. The summed E-state index contributed by atoms with van der Waals surface area (Å²) in [6, 6.07) is 12.4. The van der Waals surface area contributed by atoms with Crippen molar-refractivity contribution in [3.63, 3.8) is 0 Å². The minimum Gasteiger partial charge on any atom is -0.320 e. The second-order valence-corrected chi connectivity index (χ2v) is 7.21. The van der Waals surface area contributed by atoms with Crippen molar-refractivity contribution < 1.29 is 31.1 Å². The van der Waals surface area contributed by atoms with Crippen LogP contribution in [-0.2, 0) is 12.4 Å². The molecule has 10 heteroatoms. The van der Waals surface area contributed by atoms with Gasteiger partial charge in [-0.15, -0.1) is 0 Å². The molecule has 0 fully saturated rings. The molecule has 0 bridgehead atoms. The van der Waals surface area contributed by atoms with Crippen LogP contribution in [-0.4, -0.2) is 15.5 Å². The van der Waals surface area contributed by atoms with E-state index >= 15 is 0 Å². The van der Waals surface area contributed by atoms with E-state index in [1.165, 1.54) is 10.6 Å². The van der Waals surface area contributed by atoms with Crippen LogP contribution < -0.4 is 5.32 Å². The minimum atomic E-state index is -5.00. The number of fused-ring (bicyclic) bond motifs is 2. The van der Waals surface area contributed by atoms with Crippen LogP contribution in [0.1, 0.15) is 21.5 Å². The third-order valence-corrected chi connectivity index (χ3v) is 5.16. The molecule has 0 atom stereocenters. The van der Waals surface area contributed by atoms with Crippen molar-refractivity contribution >= 4 is 22.6 Å². The molecular weight excluding hydrogens is 436 g/mol. The smallest absolute Gasteiger partial charge is 0.320 e. The number of anilines is 1. The SMILES string of the molecule is O=C1Nc2ccccc2-n2c(-c3cc(C(F)(F)F)cc(C(F)(F)F)c3)nc3cccc1c32. The van der Waals surface area contributed by atoms with Crippen LogP contribution in [0.25, 0.3) is 28.1 Å². The van der Waals surface area contributed by atoms with Gasteiger partial charge >= 0.3 is 12.4 Å². The van der Waals surface area contributed by atoms with E-state index in [-0.39, 0.29) is 34.1 Å². The van der Waals surface area contributed by atoms with Crippen LogP contribution in [0.3, 0.4) is 0 Å². The zero-order chi connectivity index (χ0) is 22.8. The average molecular weight is 447 g/mol. The van der Waals surface area contributed by atoms with Gasteiger partial charge in [-0.1, -0.05) is 18.2 Å². The Morgan fingerprint density at radius 2 is 1.47 bits per heavy atom. The second kappa shape index (κ2) is 6.59. The second-order valence-electron chi connectivity index (χ2n) is 7.21. The van der Waals surface area contributed by atoms with Crippen molar-refractivity contribution in [2.75, 3.05) is 5.32 Å². The Balaban J connectivity index is 1.90. The lowest BCUT2D eigenvalue weighted by atomic mass is 10.0. The molecule has 1 amide bonds. The van der Waals surface area contributed by atoms with Gasteiger partial charge in [0.05, 0.1) is 39.1 Å². The summed E-state index contributed by atoms with van der Waals surface area (Å²) in [5, 5.41) is 2.72. The summed E-state index contributed by atoms with van der Waals surface area (Å²) < 4.78 is 81.9. The van der Waals surface area contributed by atoms with Gasteiger partial charge in [-0.05, 0) is 42.5 Å². The van der Waals surface area contributed by atoms with E-state index < -0.39 is 29.4 Å². The number of alkyl halides is 6. The van der Waals surface area contributed by atoms with Gasteiger partial charge in [0.15, 0.2) is 0 Å². The highest BCUT2D eigenvalue weighted by Crippen LogP contribution is 2.41. The van der Waals surface area contributed by atoms with Gasteiger partial charge in [-0.3, -0.25) is 9.36 Å². The molecule has 1 aliphatic heterocycles. The number of amides is 1. The first-order valence-electron chi connectivity index (χ1n) is 9.26. The van der Waals surface area contributed by atoms with Crippen molar-refractivity contribution in [1.29, 1.82) is 0 Å². The highest BCUT2D eigenvalue weighted by Gasteiger charge is 2.38. The quantitative estimate of drug-likeness (QED) is 0.349. The summed E-state index contributed by atoms with van der Waals surface area (Å²) in [6.07, 6.45) is -10.00. The summed E-state index contributed by atoms with van der Waals surface area (Å²) in [5.41, 5.74) is -1.81. The standard InChI is InChI=1S/C22H11F6N3O/c23-21(24,25)12-8-11(9-13(10-12)22(26,27)28)19-29-16-6-3-4-14-18(16)31(19)17-7-2-1-5-15(17)30-20(14)32/h1-10H,(H,30,32). The molecular formula is C22H11F6N3O. The van der Waals surface area contributed by atoms with Crippen LogP contribution in [0.4, 0.5) is 32.0 Å². The maximum Gasteiger partial charge on any atom is 0.416 e. The van der Waals surface area contributed by atoms with Gasteiger partial charge in [0.1, 0.15) is 5.82 Å². The average Bonchev–Trinajstić information content (AvgIpc) is 3.06. The number of hydrogen-bond donors (Lipinski definition) is 1. The van der Waals surface area contributed by atoms with Crippen molar-refractivity contribution in [1.82, 2.24) is 9.55 Å². The zero-order valence-electron chi connectivity index (χ0n) is 15.8. The minimum absolute atomic E-state index is 0.0685. The number of carbonyl (C=O) groups is 1. The Kier molecular flexibility index (Phi) is 4.14. The summed E-state index contributed by atoms with van der Waals surface area (Å²) in [5.74, 6) is -0.610. The molecule has 3 aromatic carbocycles. The Hall–Kier alpha value is -3.82. The van der Waals surface area contributed by atoms with Gasteiger partial charge in [-0.2, -0.15) is 26.3 Å². The molecule has 1 N–H and O–H groups in total. The maximum atomic E-state index is 13.4. The van der Waals surface area contributed by atoms with Gasteiger partial charge in [0, 0.05) is 5.56 Å².